The molecule has 0 aromatic heterocycles. The molecule has 2 fully saturated rings. The molecule has 0 radical (unpaired) electrons. The molecule has 2 unspecified atom stereocenters. The minimum absolute atomic E-state index is 0.440. The molecule has 0 N–H and O–H groups in total. The van der Waals surface area contributed by atoms with Gasteiger partial charge in [-0.3, -0.25) is 4.79 Å². The third kappa shape index (κ3) is 1.46. The summed E-state index contributed by atoms with van der Waals surface area (Å²) in [6.45, 7) is 2.71. The molecule has 0 bridgehead atoms. The van der Waals surface area contributed by atoms with Crippen molar-refractivity contribution in [2.24, 2.45) is 5.92 Å². The van der Waals surface area contributed by atoms with Gasteiger partial charge in [0.15, 0.2) is 0 Å². The van der Waals surface area contributed by atoms with E-state index in [0.29, 0.717) is 12.0 Å². The molecular formula is C9H15NO2. The zero-order valence-electron chi connectivity index (χ0n) is 7.24. The summed E-state index contributed by atoms with van der Waals surface area (Å²) in [6.07, 6.45) is 4.83. The van der Waals surface area contributed by atoms with E-state index >= 15 is 0 Å². The van der Waals surface area contributed by atoms with Crippen molar-refractivity contribution in [3.63, 3.8) is 0 Å². The number of hydrogen-bond acceptors (Lipinski definition) is 2. The van der Waals surface area contributed by atoms with Gasteiger partial charge in [0.25, 0.3) is 0 Å². The second kappa shape index (κ2) is 3.44. The van der Waals surface area contributed by atoms with E-state index in [9.17, 15) is 4.79 Å². The molecule has 12 heavy (non-hydrogen) atoms. The maximum Gasteiger partial charge on any atom is 0.209 e. The maximum atomic E-state index is 10.5. The zero-order chi connectivity index (χ0) is 8.39. The van der Waals surface area contributed by atoms with Gasteiger partial charge < -0.3 is 9.64 Å². The molecule has 0 saturated carbocycles. The molecule has 2 heterocycles. The van der Waals surface area contributed by atoms with Gasteiger partial charge in [-0.15, -0.1) is 0 Å². The Bertz CT molecular complexity index is 172. The van der Waals surface area contributed by atoms with Crippen LogP contribution in [0.3, 0.4) is 0 Å². The van der Waals surface area contributed by atoms with Gasteiger partial charge in [-0.2, -0.15) is 0 Å². The van der Waals surface area contributed by atoms with Gasteiger partial charge in [0, 0.05) is 25.6 Å². The summed E-state index contributed by atoms with van der Waals surface area (Å²) in [7, 11) is 0. The van der Waals surface area contributed by atoms with Crippen molar-refractivity contribution in [2.45, 2.75) is 25.4 Å². The van der Waals surface area contributed by atoms with E-state index in [0.717, 1.165) is 38.9 Å². The van der Waals surface area contributed by atoms with E-state index < -0.39 is 0 Å². The lowest BCUT2D eigenvalue weighted by atomic mass is 9.89. The van der Waals surface area contributed by atoms with Crippen LogP contribution < -0.4 is 0 Å². The van der Waals surface area contributed by atoms with Crippen LogP contribution in [-0.2, 0) is 9.53 Å². The zero-order valence-corrected chi connectivity index (χ0v) is 7.24. The van der Waals surface area contributed by atoms with Crippen molar-refractivity contribution >= 4 is 6.41 Å². The van der Waals surface area contributed by atoms with Crippen LogP contribution in [0.2, 0.25) is 0 Å². The topological polar surface area (TPSA) is 29.5 Å². The largest absolute Gasteiger partial charge is 0.378 e. The molecule has 3 nitrogen and oxygen atoms in total. The molecule has 68 valence electrons. The number of carbonyl (C=O) groups excluding carboxylic acids is 1. The summed E-state index contributed by atoms with van der Waals surface area (Å²) < 4.78 is 5.63. The van der Waals surface area contributed by atoms with Gasteiger partial charge in [0.05, 0.1) is 6.10 Å². The van der Waals surface area contributed by atoms with E-state index in [1.165, 1.54) is 6.42 Å². The van der Waals surface area contributed by atoms with Crippen molar-refractivity contribution in [2.75, 3.05) is 19.7 Å². The van der Waals surface area contributed by atoms with E-state index in [2.05, 4.69) is 0 Å². The Kier molecular flexibility index (Phi) is 2.30. The predicted octanol–water partition coefficient (Wildman–Crippen LogP) is 0.644. The van der Waals surface area contributed by atoms with Crippen molar-refractivity contribution in [3.05, 3.63) is 0 Å². The molecule has 3 heteroatoms. The molecule has 0 aliphatic carbocycles. The number of nitrogens with zero attached hydrogens (tertiary/aromatic N) is 1. The fourth-order valence-corrected chi connectivity index (χ4v) is 2.21. The lowest BCUT2D eigenvalue weighted by Gasteiger charge is -2.39. The monoisotopic (exact) mass is 169 g/mol. The number of rotatable bonds is 1. The van der Waals surface area contributed by atoms with Gasteiger partial charge in [0.2, 0.25) is 6.41 Å². The number of ether oxygens (including phenoxy) is 1. The Balaban J connectivity index is 1.93. The predicted molar refractivity (Wildman–Crippen MR) is 44.7 cm³/mol. The standard InChI is InChI=1S/C9H15NO2/c11-7-10-4-3-9-8(6-10)2-1-5-12-9/h7-9H,1-6H2. The van der Waals surface area contributed by atoms with Crippen LogP contribution >= 0.6 is 0 Å². The third-order valence-corrected chi connectivity index (χ3v) is 2.90. The number of fused-ring (bicyclic) bond motifs is 1. The first-order chi connectivity index (χ1) is 5.90. The minimum atomic E-state index is 0.440. The van der Waals surface area contributed by atoms with Gasteiger partial charge in [0.1, 0.15) is 0 Å². The average Bonchev–Trinajstić information content (AvgIpc) is 2.17. The smallest absolute Gasteiger partial charge is 0.209 e. The van der Waals surface area contributed by atoms with Crippen LogP contribution in [0.1, 0.15) is 19.3 Å². The van der Waals surface area contributed by atoms with Crippen molar-refractivity contribution < 1.29 is 9.53 Å². The lowest BCUT2D eigenvalue weighted by molar-refractivity contribution is -0.125. The third-order valence-electron chi connectivity index (χ3n) is 2.90. The van der Waals surface area contributed by atoms with E-state index in [-0.39, 0.29) is 0 Å². The first-order valence-corrected chi connectivity index (χ1v) is 4.71. The highest BCUT2D eigenvalue weighted by Crippen LogP contribution is 2.27. The molecule has 2 atom stereocenters. The summed E-state index contributed by atoms with van der Waals surface area (Å²) >= 11 is 0. The fourth-order valence-electron chi connectivity index (χ4n) is 2.21. The van der Waals surface area contributed by atoms with Gasteiger partial charge in [-0.1, -0.05) is 0 Å². The van der Waals surface area contributed by atoms with Crippen molar-refractivity contribution in [3.8, 4) is 0 Å². The minimum Gasteiger partial charge on any atom is -0.378 e. The number of piperidine rings is 1. The summed E-state index contributed by atoms with van der Waals surface area (Å²) in [6, 6.07) is 0. The van der Waals surface area contributed by atoms with Crippen molar-refractivity contribution in [1.82, 2.24) is 4.90 Å². The number of hydrogen-bond donors (Lipinski definition) is 0. The van der Waals surface area contributed by atoms with Crippen LogP contribution in [-0.4, -0.2) is 37.1 Å². The summed E-state index contributed by atoms with van der Waals surface area (Å²) in [5.74, 6) is 0.609. The molecule has 2 rings (SSSR count). The maximum absolute atomic E-state index is 10.5. The van der Waals surface area contributed by atoms with E-state index in [4.69, 9.17) is 4.74 Å². The Hall–Kier alpha value is -0.570. The van der Waals surface area contributed by atoms with Crippen LogP contribution in [0, 0.1) is 5.92 Å². The van der Waals surface area contributed by atoms with Crippen LogP contribution in [0.25, 0.3) is 0 Å². The molecule has 2 aliphatic rings. The molecule has 1 amide bonds. The Morgan fingerprint density at radius 2 is 2.33 bits per heavy atom. The van der Waals surface area contributed by atoms with E-state index in [1.54, 1.807) is 0 Å². The molecule has 2 saturated heterocycles. The summed E-state index contributed by atoms with van der Waals surface area (Å²) in [5, 5.41) is 0. The summed E-state index contributed by atoms with van der Waals surface area (Å²) in [5.41, 5.74) is 0. The van der Waals surface area contributed by atoms with Crippen LogP contribution in [0.15, 0.2) is 0 Å². The Morgan fingerprint density at radius 1 is 1.42 bits per heavy atom. The average molecular weight is 169 g/mol. The highest BCUT2D eigenvalue weighted by atomic mass is 16.5. The first kappa shape index (κ1) is 8.05. The fraction of sp³-hybridized carbons (Fsp3) is 0.889. The first-order valence-electron chi connectivity index (χ1n) is 4.71. The van der Waals surface area contributed by atoms with Crippen molar-refractivity contribution in [1.29, 1.82) is 0 Å². The lowest BCUT2D eigenvalue weighted by Crippen LogP contribution is -2.45. The van der Waals surface area contributed by atoms with Gasteiger partial charge >= 0.3 is 0 Å². The quantitative estimate of drug-likeness (QED) is 0.539. The highest BCUT2D eigenvalue weighted by molar-refractivity contribution is 5.47. The normalized spacial score (nSPS) is 35.8. The molecular weight excluding hydrogens is 154 g/mol. The Morgan fingerprint density at radius 3 is 3.17 bits per heavy atom. The second-order valence-electron chi connectivity index (χ2n) is 3.70. The van der Waals surface area contributed by atoms with Gasteiger partial charge in [-0.25, -0.2) is 0 Å². The van der Waals surface area contributed by atoms with Gasteiger partial charge in [-0.05, 0) is 19.3 Å². The number of carbonyl (C=O) groups is 1. The molecule has 0 spiro atoms. The summed E-state index contributed by atoms with van der Waals surface area (Å²) in [4.78, 5) is 12.4. The SMILES string of the molecule is O=CN1CCC2OCCCC2C1. The van der Waals surface area contributed by atoms with Crippen LogP contribution in [0.4, 0.5) is 0 Å². The van der Waals surface area contributed by atoms with E-state index in [1.807, 2.05) is 4.90 Å². The number of likely N-dealkylation sites (tertiary alicyclic amines) is 1. The number of amides is 1. The Labute approximate surface area is 72.7 Å². The molecule has 0 aromatic rings. The highest BCUT2D eigenvalue weighted by Gasteiger charge is 2.31. The molecule has 0 aromatic carbocycles. The second-order valence-corrected chi connectivity index (χ2v) is 3.70. The van der Waals surface area contributed by atoms with Crippen LogP contribution in [0.5, 0.6) is 0 Å². The molecule has 2 aliphatic heterocycles.